The molecule has 0 aliphatic rings. The summed E-state index contributed by atoms with van der Waals surface area (Å²) in [5, 5.41) is 0. The van der Waals surface area contributed by atoms with Crippen LogP contribution in [0.4, 0.5) is 0 Å². The summed E-state index contributed by atoms with van der Waals surface area (Å²) in [6.45, 7) is 13.2. The van der Waals surface area contributed by atoms with E-state index in [4.69, 9.17) is 14.1 Å². The van der Waals surface area contributed by atoms with Gasteiger partial charge in [0.1, 0.15) is 0 Å². The van der Waals surface area contributed by atoms with Gasteiger partial charge in [-0.25, -0.2) is 4.89 Å². The zero-order chi connectivity index (χ0) is 10.5. The van der Waals surface area contributed by atoms with Gasteiger partial charge in [0.25, 0.3) is 0 Å². The predicted molar refractivity (Wildman–Crippen MR) is 55.3 cm³/mol. The highest BCUT2D eigenvalue weighted by Gasteiger charge is 2.16. The molecule has 0 amide bonds. The molecule has 0 rings (SSSR count). The summed E-state index contributed by atoms with van der Waals surface area (Å²) in [7, 11) is -1.12. The summed E-state index contributed by atoms with van der Waals surface area (Å²) < 4.78 is 10.5. The van der Waals surface area contributed by atoms with Crippen LogP contribution in [0.1, 0.15) is 34.6 Å². The summed E-state index contributed by atoms with van der Waals surface area (Å²) in [6, 6.07) is 0. The van der Waals surface area contributed by atoms with Crippen molar-refractivity contribution in [3.63, 3.8) is 0 Å². The van der Waals surface area contributed by atoms with Crippen molar-refractivity contribution in [2.75, 3.05) is 0 Å². The first kappa shape index (κ1) is 13.1. The summed E-state index contributed by atoms with van der Waals surface area (Å²) >= 11 is 0. The topological polar surface area (TPSA) is 27.7 Å². The van der Waals surface area contributed by atoms with Gasteiger partial charge >= 0.3 is 0 Å². The number of rotatable bonds is 5. The van der Waals surface area contributed by atoms with Crippen molar-refractivity contribution in [3.05, 3.63) is 12.4 Å². The minimum atomic E-state index is -1.12. The van der Waals surface area contributed by atoms with Crippen LogP contribution >= 0.6 is 8.38 Å². The van der Waals surface area contributed by atoms with Gasteiger partial charge in [-0.1, -0.05) is 6.58 Å². The van der Waals surface area contributed by atoms with Crippen molar-refractivity contribution < 1.29 is 14.1 Å². The second kappa shape index (κ2) is 5.71. The molecule has 0 saturated heterocycles. The van der Waals surface area contributed by atoms with E-state index in [0.717, 1.165) is 0 Å². The molecule has 0 heterocycles. The van der Waals surface area contributed by atoms with E-state index in [1.165, 1.54) is 0 Å². The van der Waals surface area contributed by atoms with E-state index in [1.54, 1.807) is 5.82 Å². The van der Waals surface area contributed by atoms with Gasteiger partial charge in [-0.3, -0.25) is 0 Å². The Kier molecular flexibility index (Phi) is 5.73. The summed E-state index contributed by atoms with van der Waals surface area (Å²) in [6.07, 6.45) is 0.118. The maximum absolute atomic E-state index is 5.39. The molecule has 0 aliphatic carbocycles. The Morgan fingerprint density at radius 1 is 1.31 bits per heavy atom. The van der Waals surface area contributed by atoms with Crippen LogP contribution in [0.15, 0.2) is 12.4 Å². The Morgan fingerprint density at radius 3 is 2.15 bits per heavy atom. The minimum Gasteiger partial charge on any atom is -0.326 e. The Hall–Kier alpha value is 0.0500. The third-order valence-electron chi connectivity index (χ3n) is 0.825. The van der Waals surface area contributed by atoms with Gasteiger partial charge in [0.15, 0.2) is 0 Å². The molecule has 0 aromatic rings. The lowest BCUT2D eigenvalue weighted by Gasteiger charge is -2.21. The fraction of sp³-hybridized carbons (Fsp3) is 0.778. The van der Waals surface area contributed by atoms with Crippen LogP contribution in [0, 0.1) is 0 Å². The Bertz CT molecular complexity index is 151. The SMILES string of the molecule is C=CP(OOC(C)(C)C)OC(C)C. The molecule has 0 radical (unpaired) electrons. The maximum atomic E-state index is 5.39. The Balaban J connectivity index is 3.79. The average molecular weight is 206 g/mol. The third-order valence-corrected chi connectivity index (χ3v) is 1.97. The highest BCUT2D eigenvalue weighted by molar-refractivity contribution is 7.50. The van der Waals surface area contributed by atoms with E-state index in [1.807, 2.05) is 34.6 Å². The summed E-state index contributed by atoms with van der Waals surface area (Å²) in [5.41, 5.74) is -0.316. The molecule has 0 aromatic carbocycles. The van der Waals surface area contributed by atoms with Crippen molar-refractivity contribution in [3.8, 4) is 0 Å². The van der Waals surface area contributed by atoms with Gasteiger partial charge in [0.2, 0.25) is 8.38 Å². The molecule has 0 spiro atoms. The maximum Gasteiger partial charge on any atom is 0.234 e. The van der Waals surface area contributed by atoms with Gasteiger partial charge in [-0.15, -0.1) is 0 Å². The van der Waals surface area contributed by atoms with Gasteiger partial charge in [0.05, 0.1) is 11.7 Å². The van der Waals surface area contributed by atoms with Crippen LogP contribution in [0.5, 0.6) is 0 Å². The minimum absolute atomic E-state index is 0.118. The van der Waals surface area contributed by atoms with Crippen LogP contribution in [-0.4, -0.2) is 11.7 Å². The zero-order valence-corrected chi connectivity index (χ0v) is 9.93. The second-order valence-corrected chi connectivity index (χ2v) is 5.19. The number of hydrogen-bond acceptors (Lipinski definition) is 3. The highest BCUT2D eigenvalue weighted by Crippen LogP contribution is 2.41. The van der Waals surface area contributed by atoms with Crippen LogP contribution in [0.3, 0.4) is 0 Å². The van der Waals surface area contributed by atoms with Crippen molar-refractivity contribution in [2.24, 2.45) is 0 Å². The van der Waals surface area contributed by atoms with E-state index >= 15 is 0 Å². The fourth-order valence-corrected chi connectivity index (χ4v) is 1.34. The average Bonchev–Trinajstić information content (AvgIpc) is 1.95. The van der Waals surface area contributed by atoms with Crippen molar-refractivity contribution in [1.29, 1.82) is 0 Å². The molecule has 1 atom stereocenters. The molecule has 3 nitrogen and oxygen atoms in total. The summed E-state index contributed by atoms with van der Waals surface area (Å²) in [4.78, 5) is 5.12. The van der Waals surface area contributed by atoms with Crippen LogP contribution in [0.25, 0.3) is 0 Å². The van der Waals surface area contributed by atoms with Crippen molar-refractivity contribution in [2.45, 2.75) is 46.3 Å². The zero-order valence-electron chi connectivity index (χ0n) is 9.03. The first-order chi connectivity index (χ1) is 5.85. The van der Waals surface area contributed by atoms with Gasteiger partial charge in [-0.05, 0) is 40.4 Å². The summed E-state index contributed by atoms with van der Waals surface area (Å²) in [5.74, 6) is 1.63. The van der Waals surface area contributed by atoms with Gasteiger partial charge in [-0.2, -0.15) is 4.67 Å². The quantitative estimate of drug-likeness (QED) is 0.390. The van der Waals surface area contributed by atoms with Crippen LogP contribution in [0.2, 0.25) is 0 Å². The fourth-order valence-electron chi connectivity index (χ4n) is 0.447. The highest BCUT2D eigenvalue weighted by atomic mass is 31.2. The second-order valence-electron chi connectivity index (χ2n) is 3.89. The molecule has 0 saturated carbocycles. The van der Waals surface area contributed by atoms with Crippen molar-refractivity contribution in [1.82, 2.24) is 0 Å². The first-order valence-electron chi connectivity index (χ1n) is 4.29. The predicted octanol–water partition coefficient (Wildman–Crippen LogP) is 3.61. The van der Waals surface area contributed by atoms with Crippen LogP contribution < -0.4 is 0 Å². The lowest BCUT2D eigenvalue weighted by Crippen LogP contribution is -2.18. The van der Waals surface area contributed by atoms with E-state index in [9.17, 15) is 0 Å². The normalized spacial score (nSPS) is 14.6. The molecule has 4 heteroatoms. The van der Waals surface area contributed by atoms with Crippen LogP contribution in [-0.2, 0) is 14.1 Å². The molecule has 13 heavy (non-hydrogen) atoms. The molecule has 78 valence electrons. The first-order valence-corrected chi connectivity index (χ1v) is 5.54. The van der Waals surface area contributed by atoms with E-state index < -0.39 is 8.38 Å². The molecular weight excluding hydrogens is 187 g/mol. The molecule has 1 unspecified atom stereocenters. The Morgan fingerprint density at radius 2 is 1.85 bits per heavy atom. The molecule has 0 N–H and O–H groups in total. The standard InChI is InChI=1S/C9H19O3P/c1-7-13(10-8(2)3)12-11-9(4,5)6/h7-8H,1H2,2-6H3. The van der Waals surface area contributed by atoms with E-state index in [2.05, 4.69) is 6.58 Å². The lowest BCUT2D eigenvalue weighted by atomic mass is 10.2. The Labute approximate surface area is 81.9 Å². The number of hydrogen-bond donors (Lipinski definition) is 0. The molecule has 0 bridgehead atoms. The molecule has 0 aromatic heterocycles. The van der Waals surface area contributed by atoms with Gasteiger partial charge < -0.3 is 4.52 Å². The largest absolute Gasteiger partial charge is 0.326 e. The molecule has 0 fully saturated rings. The van der Waals surface area contributed by atoms with Crippen molar-refractivity contribution >= 4 is 8.38 Å². The molecule has 0 aliphatic heterocycles. The van der Waals surface area contributed by atoms with E-state index in [-0.39, 0.29) is 11.7 Å². The monoisotopic (exact) mass is 206 g/mol. The third kappa shape index (κ3) is 8.38. The lowest BCUT2D eigenvalue weighted by molar-refractivity contribution is -0.274. The smallest absolute Gasteiger partial charge is 0.234 e. The van der Waals surface area contributed by atoms with Gasteiger partial charge in [0, 0.05) is 0 Å². The van der Waals surface area contributed by atoms with E-state index in [0.29, 0.717) is 0 Å². The molecular formula is C9H19O3P.